The van der Waals surface area contributed by atoms with E-state index in [9.17, 15) is 0 Å². The lowest BCUT2D eigenvalue weighted by Gasteiger charge is -2.37. The van der Waals surface area contributed by atoms with Crippen LogP contribution < -0.4 is 0 Å². The average Bonchev–Trinajstić information content (AvgIpc) is 3.33. The molecule has 2 atom stereocenters. The van der Waals surface area contributed by atoms with E-state index in [-0.39, 0.29) is 5.41 Å². The molecule has 324 valence electrons. The highest BCUT2D eigenvalue weighted by molar-refractivity contribution is 5.71. The Morgan fingerprint density at radius 2 is 0.873 bits per heavy atom. The van der Waals surface area contributed by atoms with Crippen LogP contribution in [0.25, 0.3) is 11.1 Å². The van der Waals surface area contributed by atoms with Crippen molar-refractivity contribution in [2.45, 2.75) is 99.3 Å². The Hall–Kier alpha value is -6.24. The topological polar surface area (TPSA) is 0 Å². The van der Waals surface area contributed by atoms with Crippen molar-refractivity contribution in [2.24, 2.45) is 0 Å². The molecule has 0 amide bonds. The molecule has 0 fully saturated rings. The number of hydrogen-bond donors (Lipinski definition) is 0. The van der Waals surface area contributed by atoms with Crippen molar-refractivity contribution in [1.82, 2.24) is 0 Å². The molecule has 0 radical (unpaired) electrons. The van der Waals surface area contributed by atoms with Crippen molar-refractivity contribution in [2.75, 3.05) is 0 Å². The second-order valence-electron chi connectivity index (χ2n) is 16.8. The van der Waals surface area contributed by atoms with Crippen LogP contribution in [0.4, 0.5) is 0 Å². The van der Waals surface area contributed by atoms with Gasteiger partial charge in [0, 0.05) is 0 Å². The van der Waals surface area contributed by atoms with Crippen LogP contribution in [0.2, 0.25) is 0 Å². The lowest BCUT2D eigenvalue weighted by atomic mass is 9.65. The minimum Gasteiger partial charge on any atom is -0.0991 e. The first-order chi connectivity index (χ1) is 30.4. The van der Waals surface area contributed by atoms with Gasteiger partial charge in [-0.2, -0.15) is 0 Å². The van der Waals surface area contributed by atoms with E-state index in [0.717, 1.165) is 6.42 Å². The fourth-order valence-corrected chi connectivity index (χ4v) is 8.01. The van der Waals surface area contributed by atoms with Crippen LogP contribution in [0.3, 0.4) is 0 Å². The lowest BCUT2D eigenvalue weighted by molar-refractivity contribution is 0.723. The Morgan fingerprint density at radius 1 is 0.476 bits per heavy atom. The monoisotopic (exact) mass is 829 g/mol. The fraction of sp³-hybridized carbons (Fsp3) is 0.238. The summed E-state index contributed by atoms with van der Waals surface area (Å²) >= 11 is 0. The van der Waals surface area contributed by atoms with Crippen molar-refractivity contribution in [1.29, 1.82) is 0 Å². The van der Waals surface area contributed by atoms with Crippen LogP contribution in [0.15, 0.2) is 230 Å². The third-order valence-electron chi connectivity index (χ3n) is 12.7. The van der Waals surface area contributed by atoms with E-state index in [1.807, 2.05) is 12.2 Å². The summed E-state index contributed by atoms with van der Waals surface area (Å²) in [4.78, 5) is 0. The van der Waals surface area contributed by atoms with Gasteiger partial charge in [0.1, 0.15) is 0 Å². The molecule has 0 N–H and O–H groups in total. The van der Waals surface area contributed by atoms with E-state index in [2.05, 4.69) is 252 Å². The van der Waals surface area contributed by atoms with Gasteiger partial charge in [0.15, 0.2) is 0 Å². The first kappa shape index (κ1) is 49.4. The zero-order valence-electron chi connectivity index (χ0n) is 40.0. The summed E-state index contributed by atoms with van der Waals surface area (Å²) in [6, 6.07) is 57.6. The maximum absolute atomic E-state index is 3.67. The second-order valence-corrected chi connectivity index (χ2v) is 16.8. The molecule has 0 heteroatoms. The molecule has 0 bridgehead atoms. The molecule has 63 heavy (non-hydrogen) atoms. The molecule has 0 nitrogen and oxygen atoms in total. The van der Waals surface area contributed by atoms with E-state index in [4.69, 9.17) is 0 Å². The van der Waals surface area contributed by atoms with Crippen LogP contribution in [-0.2, 0) is 5.41 Å². The fourth-order valence-electron chi connectivity index (χ4n) is 8.01. The molecule has 0 spiro atoms. The van der Waals surface area contributed by atoms with Crippen molar-refractivity contribution >= 4 is 0 Å². The lowest BCUT2D eigenvalue weighted by Crippen LogP contribution is -2.31. The van der Waals surface area contributed by atoms with Crippen LogP contribution in [0.5, 0.6) is 0 Å². The van der Waals surface area contributed by atoms with Gasteiger partial charge in [-0.3, -0.25) is 0 Å². The van der Waals surface area contributed by atoms with Gasteiger partial charge >= 0.3 is 0 Å². The van der Waals surface area contributed by atoms with Crippen molar-refractivity contribution in [3.63, 3.8) is 0 Å². The predicted octanol–water partition coefficient (Wildman–Crippen LogP) is 18.2. The van der Waals surface area contributed by atoms with Gasteiger partial charge in [-0.1, -0.05) is 241 Å². The molecule has 0 saturated heterocycles. The van der Waals surface area contributed by atoms with Crippen LogP contribution in [0.1, 0.15) is 125 Å². The Morgan fingerprint density at radius 3 is 1.32 bits per heavy atom. The van der Waals surface area contributed by atoms with E-state index in [1.54, 1.807) is 12.2 Å². The Bertz CT molecular complexity index is 2370. The molecule has 0 heterocycles. The smallest absolute Gasteiger partial charge is 0.0701 e. The SMILES string of the molecule is C=C\C=C/C(C)=C(C)/C(C)=C(C)/C=C\C=C.CCC(C)c1ccc(C(c2ccccc2)(c2ccccc2)c2ccc(C)cc2)cc1.CCC(C)c1ccccc1-c1ccccc1C. The quantitative estimate of drug-likeness (QED) is 0.0758. The van der Waals surface area contributed by atoms with E-state index < -0.39 is 0 Å². The highest BCUT2D eigenvalue weighted by Crippen LogP contribution is 2.45. The predicted molar refractivity (Wildman–Crippen MR) is 279 cm³/mol. The maximum Gasteiger partial charge on any atom is 0.0701 e. The molecule has 6 aromatic rings. The molecule has 0 aliphatic rings. The summed E-state index contributed by atoms with van der Waals surface area (Å²) in [7, 11) is 0. The third-order valence-corrected chi connectivity index (χ3v) is 12.7. The summed E-state index contributed by atoms with van der Waals surface area (Å²) in [5.74, 6) is 1.19. The third kappa shape index (κ3) is 12.9. The first-order valence-corrected chi connectivity index (χ1v) is 22.8. The van der Waals surface area contributed by atoms with Crippen molar-refractivity contribution < 1.29 is 0 Å². The van der Waals surface area contributed by atoms with E-state index >= 15 is 0 Å². The van der Waals surface area contributed by atoms with E-state index in [1.165, 1.54) is 84.3 Å². The molecule has 0 aliphatic heterocycles. The maximum atomic E-state index is 3.67. The summed E-state index contributed by atoms with van der Waals surface area (Å²) in [6.07, 6.45) is 14.0. The highest BCUT2D eigenvalue weighted by atomic mass is 14.4. The highest BCUT2D eigenvalue weighted by Gasteiger charge is 2.38. The number of aryl methyl sites for hydroxylation is 2. The van der Waals surface area contributed by atoms with Crippen LogP contribution in [0, 0.1) is 13.8 Å². The molecular weight excluding hydrogens is 757 g/mol. The number of benzene rings is 6. The van der Waals surface area contributed by atoms with Gasteiger partial charge in [-0.15, -0.1) is 0 Å². The number of rotatable bonds is 14. The van der Waals surface area contributed by atoms with E-state index in [0.29, 0.717) is 11.8 Å². The van der Waals surface area contributed by atoms with Gasteiger partial charge < -0.3 is 0 Å². The molecule has 6 rings (SSSR count). The number of hydrogen-bond acceptors (Lipinski definition) is 0. The van der Waals surface area contributed by atoms with Gasteiger partial charge in [-0.25, -0.2) is 0 Å². The molecule has 0 aliphatic carbocycles. The van der Waals surface area contributed by atoms with Crippen LogP contribution >= 0.6 is 0 Å². The molecular formula is C63H72. The minimum atomic E-state index is -0.357. The van der Waals surface area contributed by atoms with Crippen molar-refractivity contribution in [3.05, 3.63) is 274 Å². The zero-order chi connectivity index (χ0) is 45.8. The number of allylic oxidation sites excluding steroid dienone is 10. The summed E-state index contributed by atoms with van der Waals surface area (Å²) in [6.45, 7) is 29.3. The summed E-state index contributed by atoms with van der Waals surface area (Å²) < 4.78 is 0. The Balaban J connectivity index is 0.000000226. The van der Waals surface area contributed by atoms with Gasteiger partial charge in [0.25, 0.3) is 0 Å². The standard InChI is InChI=1S/C30H30.C17H20.C16H22/c1-4-24(3)25-17-21-29(22-18-25)30(26-11-7-5-8-12-26,27-13-9-6-10-14-27)28-19-15-23(2)16-20-28;1-4-13(2)15-10-7-8-12-17(15)16-11-6-5-9-14(16)3;1-7-9-11-13(3)15(5)16(6)14(4)12-10-8-2/h5-22,24H,4H2,1-3H3;5-13H,4H2,1-3H3;7-12H,1-2H2,3-6H3/b;;11-9-,12-10-,15-13+,16-14+. The van der Waals surface area contributed by atoms with Gasteiger partial charge in [0.2, 0.25) is 0 Å². The molecule has 0 saturated carbocycles. The van der Waals surface area contributed by atoms with Crippen molar-refractivity contribution in [3.8, 4) is 11.1 Å². The molecule has 0 aromatic heterocycles. The Labute approximate surface area is 382 Å². The van der Waals surface area contributed by atoms with Gasteiger partial charge in [-0.05, 0) is 139 Å². The van der Waals surface area contributed by atoms with Gasteiger partial charge in [0.05, 0.1) is 5.41 Å². The van der Waals surface area contributed by atoms with Crippen LogP contribution in [-0.4, -0.2) is 0 Å². The zero-order valence-corrected chi connectivity index (χ0v) is 40.0. The largest absolute Gasteiger partial charge is 0.0991 e. The second kappa shape index (κ2) is 25.0. The summed E-state index contributed by atoms with van der Waals surface area (Å²) in [5.41, 5.74) is 18.2. The average molecular weight is 829 g/mol. The first-order valence-electron chi connectivity index (χ1n) is 22.8. The minimum absolute atomic E-state index is 0.357. The molecule has 6 aromatic carbocycles. The normalized spacial score (nSPS) is 13.1. The summed E-state index contributed by atoms with van der Waals surface area (Å²) in [5, 5.41) is 0. The molecule has 2 unspecified atom stereocenters. The Kier molecular flexibility index (Phi) is 19.6.